The van der Waals surface area contributed by atoms with Crippen molar-refractivity contribution in [3.63, 3.8) is 0 Å². The Morgan fingerprint density at radius 2 is 2.35 bits per heavy atom. The van der Waals surface area contributed by atoms with E-state index in [9.17, 15) is 9.18 Å². The topological polar surface area (TPSA) is 62.1 Å². The molecule has 1 aromatic carbocycles. The van der Waals surface area contributed by atoms with Crippen LogP contribution in [0.2, 0.25) is 5.02 Å². The van der Waals surface area contributed by atoms with Gasteiger partial charge in [-0.3, -0.25) is 4.79 Å². The summed E-state index contributed by atoms with van der Waals surface area (Å²) in [5, 5.41) is 11.7. The molecule has 4 nitrogen and oxygen atoms in total. The van der Waals surface area contributed by atoms with Gasteiger partial charge in [-0.05, 0) is 24.6 Å². The molecule has 0 aromatic heterocycles. The van der Waals surface area contributed by atoms with Crippen LogP contribution in [0.5, 0.6) is 0 Å². The zero-order valence-corrected chi connectivity index (χ0v) is 11.7. The number of nitrogens with one attached hydrogen (secondary N) is 1. The lowest BCUT2D eigenvalue weighted by Crippen LogP contribution is -2.26. The first kappa shape index (κ1) is 16.2. The Hall–Kier alpha value is -1.90. The predicted octanol–water partition coefficient (Wildman–Crippen LogP) is 2.54. The van der Waals surface area contributed by atoms with Crippen molar-refractivity contribution >= 4 is 23.6 Å². The molecule has 0 bridgehead atoms. The van der Waals surface area contributed by atoms with E-state index in [1.54, 1.807) is 13.2 Å². The fraction of sp³-hybridized carbons (Fsp3) is 0.286. The molecule has 106 valence electrons. The van der Waals surface area contributed by atoms with Gasteiger partial charge in [0.2, 0.25) is 0 Å². The smallest absolute Gasteiger partial charge is 0.261 e. The molecule has 20 heavy (non-hydrogen) atoms. The molecule has 0 fully saturated rings. The van der Waals surface area contributed by atoms with E-state index in [1.165, 1.54) is 18.2 Å². The van der Waals surface area contributed by atoms with Gasteiger partial charge < -0.3 is 10.1 Å². The molecule has 0 aliphatic carbocycles. The van der Waals surface area contributed by atoms with E-state index in [0.717, 1.165) is 6.08 Å². The normalized spacial score (nSPS) is 11.0. The Kier molecular flexibility index (Phi) is 6.71. The van der Waals surface area contributed by atoms with E-state index in [-0.39, 0.29) is 16.2 Å². The van der Waals surface area contributed by atoms with E-state index < -0.39 is 11.7 Å². The van der Waals surface area contributed by atoms with Crippen molar-refractivity contribution in [3.8, 4) is 6.07 Å². The van der Waals surface area contributed by atoms with Crippen LogP contribution in [0.25, 0.3) is 6.08 Å². The van der Waals surface area contributed by atoms with Gasteiger partial charge in [-0.1, -0.05) is 17.7 Å². The molecule has 0 heterocycles. The zero-order valence-electron chi connectivity index (χ0n) is 11.0. The van der Waals surface area contributed by atoms with E-state index in [2.05, 4.69) is 5.32 Å². The maximum Gasteiger partial charge on any atom is 0.261 e. The maximum absolute atomic E-state index is 13.6. The molecule has 1 N–H and O–H groups in total. The number of carbonyl (C=O) groups is 1. The van der Waals surface area contributed by atoms with E-state index in [4.69, 9.17) is 21.6 Å². The monoisotopic (exact) mass is 296 g/mol. The minimum atomic E-state index is -0.586. The second-order valence-corrected chi connectivity index (χ2v) is 4.31. The average molecular weight is 297 g/mol. The molecule has 0 unspecified atom stereocenters. The van der Waals surface area contributed by atoms with Crippen LogP contribution in [-0.2, 0) is 9.53 Å². The molecule has 0 atom stereocenters. The van der Waals surface area contributed by atoms with Crippen molar-refractivity contribution in [1.82, 2.24) is 5.32 Å². The quantitative estimate of drug-likeness (QED) is 0.498. The molecule has 0 aliphatic heterocycles. The SMILES string of the molecule is COCCCNC(=O)/C(C#N)=C/c1c(F)cccc1Cl. The lowest BCUT2D eigenvalue weighted by Gasteiger charge is -2.05. The summed E-state index contributed by atoms with van der Waals surface area (Å²) in [5.74, 6) is -1.15. The van der Waals surface area contributed by atoms with Gasteiger partial charge >= 0.3 is 0 Å². The Balaban J connectivity index is 2.82. The number of halogens is 2. The predicted molar refractivity (Wildman–Crippen MR) is 74.5 cm³/mol. The van der Waals surface area contributed by atoms with Crippen molar-refractivity contribution in [2.45, 2.75) is 6.42 Å². The van der Waals surface area contributed by atoms with Crippen LogP contribution >= 0.6 is 11.6 Å². The summed E-state index contributed by atoms with van der Waals surface area (Å²) in [6, 6.07) is 5.89. The molecular weight excluding hydrogens is 283 g/mol. The maximum atomic E-state index is 13.6. The number of nitriles is 1. The molecule has 0 saturated carbocycles. The number of amides is 1. The van der Waals surface area contributed by atoms with Crippen molar-refractivity contribution < 1.29 is 13.9 Å². The van der Waals surface area contributed by atoms with Crippen molar-refractivity contribution in [2.24, 2.45) is 0 Å². The minimum Gasteiger partial charge on any atom is -0.385 e. The highest BCUT2D eigenvalue weighted by molar-refractivity contribution is 6.32. The molecular formula is C14H14ClFN2O2. The van der Waals surface area contributed by atoms with E-state index in [1.807, 2.05) is 0 Å². The third-order valence-corrected chi connectivity index (χ3v) is 2.79. The number of benzene rings is 1. The Morgan fingerprint density at radius 3 is 2.95 bits per heavy atom. The Morgan fingerprint density at radius 1 is 1.60 bits per heavy atom. The van der Waals surface area contributed by atoms with Gasteiger partial charge in [0, 0.05) is 25.8 Å². The van der Waals surface area contributed by atoms with E-state index >= 15 is 0 Å². The van der Waals surface area contributed by atoms with Gasteiger partial charge in [0.15, 0.2) is 0 Å². The highest BCUT2D eigenvalue weighted by Gasteiger charge is 2.11. The first-order valence-corrected chi connectivity index (χ1v) is 6.31. The van der Waals surface area contributed by atoms with Crippen LogP contribution in [-0.4, -0.2) is 26.2 Å². The standard InChI is InChI=1S/C14H14ClFN2O2/c1-20-7-3-6-18-14(19)10(9-17)8-11-12(15)4-2-5-13(11)16/h2,4-5,8H,3,6-7H2,1H3,(H,18,19)/b10-8+. The first-order chi connectivity index (χ1) is 9.60. The second-order valence-electron chi connectivity index (χ2n) is 3.91. The molecule has 0 saturated heterocycles. The minimum absolute atomic E-state index is 0.0257. The number of ether oxygens (including phenoxy) is 1. The molecule has 0 radical (unpaired) electrons. The number of hydrogen-bond acceptors (Lipinski definition) is 3. The fourth-order valence-electron chi connectivity index (χ4n) is 1.46. The number of methoxy groups -OCH3 is 1. The molecule has 6 heteroatoms. The van der Waals surface area contributed by atoms with Crippen LogP contribution in [0.3, 0.4) is 0 Å². The summed E-state index contributed by atoms with van der Waals surface area (Å²) in [5.41, 5.74) is -0.174. The van der Waals surface area contributed by atoms with Crippen LogP contribution < -0.4 is 5.32 Å². The Bertz CT molecular complexity index is 532. The van der Waals surface area contributed by atoms with Gasteiger partial charge in [0.25, 0.3) is 5.91 Å². The molecule has 0 aliphatic rings. The largest absolute Gasteiger partial charge is 0.385 e. The molecule has 1 amide bonds. The van der Waals surface area contributed by atoms with Crippen LogP contribution in [0, 0.1) is 17.1 Å². The molecule has 1 aromatic rings. The first-order valence-electron chi connectivity index (χ1n) is 5.93. The van der Waals surface area contributed by atoms with Crippen molar-refractivity contribution in [3.05, 3.63) is 40.2 Å². The third-order valence-electron chi connectivity index (χ3n) is 2.46. The van der Waals surface area contributed by atoms with Gasteiger partial charge in [-0.2, -0.15) is 5.26 Å². The van der Waals surface area contributed by atoms with Gasteiger partial charge in [0.1, 0.15) is 17.5 Å². The molecule has 0 spiro atoms. The highest BCUT2D eigenvalue weighted by atomic mass is 35.5. The van der Waals surface area contributed by atoms with Gasteiger partial charge in [-0.15, -0.1) is 0 Å². The number of rotatable bonds is 6. The lowest BCUT2D eigenvalue weighted by molar-refractivity contribution is -0.117. The summed E-state index contributed by atoms with van der Waals surface area (Å²) in [4.78, 5) is 11.8. The van der Waals surface area contributed by atoms with Crippen LogP contribution in [0.1, 0.15) is 12.0 Å². The Labute approximate surface area is 121 Å². The van der Waals surface area contributed by atoms with Crippen molar-refractivity contribution in [2.75, 3.05) is 20.3 Å². The van der Waals surface area contributed by atoms with E-state index in [0.29, 0.717) is 19.6 Å². The zero-order chi connectivity index (χ0) is 15.0. The number of hydrogen-bond donors (Lipinski definition) is 1. The van der Waals surface area contributed by atoms with Gasteiger partial charge in [0.05, 0.1) is 5.02 Å². The van der Waals surface area contributed by atoms with Gasteiger partial charge in [-0.25, -0.2) is 4.39 Å². The third kappa shape index (κ3) is 4.65. The number of nitrogens with zero attached hydrogens (tertiary/aromatic N) is 1. The second kappa shape index (κ2) is 8.31. The summed E-state index contributed by atoms with van der Waals surface area (Å²) in [6.45, 7) is 0.877. The highest BCUT2D eigenvalue weighted by Crippen LogP contribution is 2.21. The average Bonchev–Trinajstić information content (AvgIpc) is 2.43. The summed E-state index contributed by atoms with van der Waals surface area (Å²) in [7, 11) is 1.56. The summed E-state index contributed by atoms with van der Waals surface area (Å²) >= 11 is 5.84. The fourth-order valence-corrected chi connectivity index (χ4v) is 1.67. The van der Waals surface area contributed by atoms with Crippen LogP contribution in [0.15, 0.2) is 23.8 Å². The number of carbonyl (C=O) groups excluding carboxylic acids is 1. The lowest BCUT2D eigenvalue weighted by atomic mass is 10.1. The summed E-state index contributed by atoms with van der Waals surface area (Å²) < 4.78 is 18.4. The van der Waals surface area contributed by atoms with Crippen molar-refractivity contribution in [1.29, 1.82) is 5.26 Å². The van der Waals surface area contributed by atoms with Crippen LogP contribution in [0.4, 0.5) is 4.39 Å². The summed E-state index contributed by atoms with van der Waals surface area (Å²) in [6.07, 6.45) is 1.77. The molecule has 1 rings (SSSR count).